The van der Waals surface area contributed by atoms with Crippen molar-refractivity contribution in [2.24, 2.45) is 0 Å². The Hall–Kier alpha value is -5.50. The summed E-state index contributed by atoms with van der Waals surface area (Å²) < 4.78 is 240. The lowest BCUT2D eigenvalue weighted by atomic mass is 10.3. The van der Waals surface area contributed by atoms with Gasteiger partial charge in [-0.05, 0) is 12.1 Å². The summed E-state index contributed by atoms with van der Waals surface area (Å²) in [4.78, 5) is 2.08. The van der Waals surface area contributed by atoms with E-state index in [1.165, 1.54) is 5.69 Å². The fraction of sp³-hybridized carbons (Fsp3) is 0.0625. The number of para-hydroxylation sites is 1. The normalized spacial score (nSPS) is 10.1. The second kappa shape index (κ2) is 19.9. The second-order valence-corrected chi connectivity index (χ2v) is 9.36. The van der Waals surface area contributed by atoms with Crippen LogP contribution in [0.5, 0.6) is 0 Å². The second-order valence-electron chi connectivity index (χ2n) is 9.36. The molecular formula is C32H15F20N. The van der Waals surface area contributed by atoms with Crippen LogP contribution in [0.4, 0.5) is 93.5 Å². The summed E-state index contributed by atoms with van der Waals surface area (Å²) in [7, 11) is 4.07. The van der Waals surface area contributed by atoms with Gasteiger partial charge in [-0.1, -0.05) is 18.2 Å². The van der Waals surface area contributed by atoms with Gasteiger partial charge in [0.1, 0.15) is 0 Å². The molecule has 0 aliphatic heterocycles. The molecule has 0 amide bonds. The van der Waals surface area contributed by atoms with Crippen molar-refractivity contribution in [3.8, 4) is 0 Å². The van der Waals surface area contributed by atoms with Crippen molar-refractivity contribution < 1.29 is 87.8 Å². The van der Waals surface area contributed by atoms with Crippen molar-refractivity contribution in [1.82, 2.24) is 0 Å². The van der Waals surface area contributed by atoms with Gasteiger partial charge in [0.25, 0.3) is 0 Å². The molecule has 0 aliphatic rings. The van der Waals surface area contributed by atoms with Gasteiger partial charge in [-0.15, -0.1) is 0 Å². The standard InChI is InChI=1S/C8H11N.4C6HF5/c1-9(2)8-6-4-3-5-7-8;4*7-2-1-3(8)5(10)6(11)4(2)9/h3-7H,1-2H3;4*1H. The molecule has 0 N–H and O–H groups in total. The molecule has 0 aliphatic carbocycles. The van der Waals surface area contributed by atoms with Gasteiger partial charge in [0.2, 0.25) is 23.3 Å². The van der Waals surface area contributed by atoms with Crippen LogP contribution in [0.2, 0.25) is 0 Å². The first kappa shape index (κ1) is 45.5. The minimum atomic E-state index is -2.14. The fourth-order valence-electron chi connectivity index (χ4n) is 2.90. The van der Waals surface area contributed by atoms with Crippen molar-refractivity contribution in [2.45, 2.75) is 0 Å². The highest BCUT2D eigenvalue weighted by Gasteiger charge is 2.21. The molecule has 0 fully saturated rings. The SMILES string of the molecule is CN(C)c1ccccc1.Fc1cc(F)c(F)c(F)c1F.Fc1cc(F)c(F)c(F)c1F.Fc1cc(F)c(F)c(F)c1F.Fc1cc(F)c(F)c(F)c1F. The molecule has 5 aromatic carbocycles. The minimum absolute atomic E-state index is 0.0618. The molecule has 0 radical (unpaired) electrons. The minimum Gasteiger partial charge on any atom is -0.378 e. The zero-order valence-electron chi connectivity index (χ0n) is 25.7. The molecular weight excluding hydrogens is 778 g/mol. The molecule has 0 spiro atoms. The maximum atomic E-state index is 12.0. The van der Waals surface area contributed by atoms with Crippen LogP contribution in [0.25, 0.3) is 0 Å². The summed E-state index contributed by atoms with van der Waals surface area (Å²) in [5.74, 6) is -38.6. The third-order valence-corrected chi connectivity index (χ3v) is 5.51. The molecule has 0 unspecified atom stereocenters. The molecule has 5 rings (SSSR count). The molecule has 1 nitrogen and oxygen atoms in total. The monoisotopic (exact) mass is 793 g/mol. The molecule has 0 atom stereocenters. The maximum Gasteiger partial charge on any atom is 0.200 e. The number of halogens is 20. The summed E-state index contributed by atoms with van der Waals surface area (Å²) in [6.07, 6.45) is 0. The van der Waals surface area contributed by atoms with E-state index in [1.54, 1.807) is 0 Å². The van der Waals surface area contributed by atoms with E-state index in [4.69, 9.17) is 0 Å². The highest BCUT2D eigenvalue weighted by atomic mass is 19.2. The zero-order chi connectivity index (χ0) is 41.1. The summed E-state index contributed by atoms with van der Waals surface area (Å²) in [5.41, 5.74) is 1.25. The van der Waals surface area contributed by atoms with Crippen molar-refractivity contribution >= 4 is 5.69 Å². The van der Waals surface area contributed by atoms with Crippen molar-refractivity contribution in [3.05, 3.63) is 171 Å². The van der Waals surface area contributed by atoms with E-state index in [-0.39, 0.29) is 24.3 Å². The molecule has 0 heterocycles. The average molecular weight is 793 g/mol. The van der Waals surface area contributed by atoms with Gasteiger partial charge in [-0.25, -0.2) is 87.8 Å². The van der Waals surface area contributed by atoms with Crippen LogP contribution >= 0.6 is 0 Å². The first-order valence-electron chi connectivity index (χ1n) is 13.1. The van der Waals surface area contributed by atoms with Crippen LogP contribution in [0.15, 0.2) is 54.6 Å². The van der Waals surface area contributed by atoms with Gasteiger partial charge < -0.3 is 4.90 Å². The van der Waals surface area contributed by atoms with Gasteiger partial charge in [0.15, 0.2) is 93.1 Å². The first-order chi connectivity index (χ1) is 24.5. The van der Waals surface area contributed by atoms with Gasteiger partial charge in [0, 0.05) is 44.0 Å². The Morgan fingerprint density at radius 3 is 0.566 bits per heavy atom. The molecule has 288 valence electrons. The van der Waals surface area contributed by atoms with E-state index in [0.717, 1.165) is 0 Å². The van der Waals surface area contributed by atoms with Gasteiger partial charge >= 0.3 is 0 Å². The van der Waals surface area contributed by atoms with E-state index in [0.29, 0.717) is 0 Å². The van der Waals surface area contributed by atoms with Crippen molar-refractivity contribution in [3.63, 3.8) is 0 Å². The van der Waals surface area contributed by atoms with E-state index in [2.05, 4.69) is 17.0 Å². The number of hydrogen-bond acceptors (Lipinski definition) is 1. The molecule has 0 aromatic heterocycles. The predicted octanol–water partition coefficient (Wildman–Crippen LogP) is 11.3. The van der Waals surface area contributed by atoms with Gasteiger partial charge in [0.05, 0.1) is 0 Å². The van der Waals surface area contributed by atoms with Crippen LogP contribution in [0, 0.1) is 116 Å². The Labute approximate surface area is 283 Å². The number of anilines is 1. The molecule has 21 heteroatoms. The summed E-state index contributed by atoms with van der Waals surface area (Å²) >= 11 is 0. The molecule has 0 saturated carbocycles. The molecule has 0 saturated heterocycles. The highest BCUT2D eigenvalue weighted by molar-refractivity contribution is 5.43. The molecule has 5 aromatic rings. The predicted molar refractivity (Wildman–Crippen MR) is 146 cm³/mol. The van der Waals surface area contributed by atoms with Gasteiger partial charge in [-0.2, -0.15) is 0 Å². The number of rotatable bonds is 1. The van der Waals surface area contributed by atoms with Crippen LogP contribution in [-0.2, 0) is 0 Å². The van der Waals surface area contributed by atoms with Crippen LogP contribution < -0.4 is 4.90 Å². The van der Waals surface area contributed by atoms with E-state index < -0.39 is 116 Å². The van der Waals surface area contributed by atoms with Crippen LogP contribution in [0.3, 0.4) is 0 Å². The summed E-state index contributed by atoms with van der Waals surface area (Å²) in [5, 5.41) is 0. The Bertz CT molecular complexity index is 1670. The van der Waals surface area contributed by atoms with Crippen molar-refractivity contribution in [1.29, 1.82) is 0 Å². The topological polar surface area (TPSA) is 3.24 Å². The lowest BCUT2D eigenvalue weighted by Crippen LogP contribution is -2.07. The van der Waals surface area contributed by atoms with Gasteiger partial charge in [-0.3, -0.25) is 0 Å². The quantitative estimate of drug-likeness (QED) is 0.0928. The third-order valence-electron chi connectivity index (χ3n) is 5.51. The fourth-order valence-corrected chi connectivity index (χ4v) is 2.90. The molecule has 0 bridgehead atoms. The maximum absolute atomic E-state index is 12.0. The Morgan fingerprint density at radius 1 is 0.264 bits per heavy atom. The lowest BCUT2D eigenvalue weighted by Gasteiger charge is -2.10. The Morgan fingerprint density at radius 2 is 0.434 bits per heavy atom. The zero-order valence-corrected chi connectivity index (χ0v) is 25.7. The summed E-state index contributed by atoms with van der Waals surface area (Å²) in [6.45, 7) is 0. The van der Waals surface area contributed by atoms with Crippen LogP contribution in [0.1, 0.15) is 0 Å². The van der Waals surface area contributed by atoms with E-state index in [9.17, 15) is 87.8 Å². The average Bonchev–Trinajstić information content (AvgIpc) is 3.12. The largest absolute Gasteiger partial charge is 0.378 e. The Kier molecular flexibility index (Phi) is 17.1. The Balaban J connectivity index is 0.000000332. The van der Waals surface area contributed by atoms with E-state index >= 15 is 0 Å². The van der Waals surface area contributed by atoms with Crippen LogP contribution in [-0.4, -0.2) is 14.1 Å². The first-order valence-corrected chi connectivity index (χ1v) is 13.1. The van der Waals surface area contributed by atoms with E-state index in [1.807, 2.05) is 32.3 Å². The number of hydrogen-bond donors (Lipinski definition) is 0. The number of benzene rings is 5. The van der Waals surface area contributed by atoms with Crippen molar-refractivity contribution in [2.75, 3.05) is 19.0 Å². The number of nitrogens with zero attached hydrogens (tertiary/aromatic N) is 1. The smallest absolute Gasteiger partial charge is 0.200 e. The lowest BCUT2D eigenvalue weighted by molar-refractivity contribution is 0.378. The highest BCUT2D eigenvalue weighted by Crippen LogP contribution is 2.19. The third kappa shape index (κ3) is 12.3. The summed E-state index contributed by atoms with van der Waals surface area (Å²) in [6, 6.07) is 10.0. The molecule has 53 heavy (non-hydrogen) atoms.